The molecule has 0 aliphatic heterocycles. The fraction of sp³-hybridized carbons (Fsp3) is 0.250. The summed E-state index contributed by atoms with van der Waals surface area (Å²) in [5.41, 5.74) is 2.10. The first-order valence-corrected chi connectivity index (χ1v) is 10.6. The quantitative estimate of drug-likeness (QED) is 0.477. The fourth-order valence-electron chi connectivity index (χ4n) is 2.63. The second-order valence-electron chi connectivity index (χ2n) is 6.11. The van der Waals surface area contributed by atoms with Crippen molar-refractivity contribution in [1.29, 1.82) is 0 Å². The first kappa shape index (κ1) is 20.7. The zero-order valence-corrected chi connectivity index (χ0v) is 17.7. The van der Waals surface area contributed by atoms with Crippen molar-refractivity contribution in [3.63, 3.8) is 0 Å². The molecular formula is C20H20Cl2N4OS. The number of nitrogens with zero attached hydrogens (tertiary/aromatic N) is 3. The van der Waals surface area contributed by atoms with Crippen LogP contribution in [-0.4, -0.2) is 20.7 Å². The van der Waals surface area contributed by atoms with E-state index in [4.69, 9.17) is 23.2 Å². The molecule has 0 aliphatic rings. The Hall–Kier alpha value is -2.02. The predicted octanol–water partition coefficient (Wildman–Crippen LogP) is 5.47. The number of carbonyl (C=O) groups excluding carboxylic acids is 1. The summed E-state index contributed by atoms with van der Waals surface area (Å²) in [7, 11) is 0. The molecule has 146 valence electrons. The molecule has 1 N–H and O–H groups in total. The highest BCUT2D eigenvalue weighted by Crippen LogP contribution is 2.27. The Morgan fingerprint density at radius 1 is 1.11 bits per heavy atom. The van der Waals surface area contributed by atoms with Gasteiger partial charge in [0, 0.05) is 28.8 Å². The Balaban J connectivity index is 1.58. The summed E-state index contributed by atoms with van der Waals surface area (Å²) in [6, 6.07) is 15.2. The summed E-state index contributed by atoms with van der Waals surface area (Å²) in [6.45, 7) is 2.65. The van der Waals surface area contributed by atoms with Gasteiger partial charge in [-0.1, -0.05) is 65.3 Å². The van der Waals surface area contributed by atoms with Crippen LogP contribution in [-0.2, 0) is 23.5 Å². The van der Waals surface area contributed by atoms with Crippen LogP contribution in [0.15, 0.2) is 53.7 Å². The normalized spacial score (nSPS) is 10.8. The van der Waals surface area contributed by atoms with Gasteiger partial charge in [-0.3, -0.25) is 14.7 Å². The minimum Gasteiger partial charge on any atom is -0.295 e. The number of rotatable bonds is 8. The molecule has 0 bridgehead atoms. The second kappa shape index (κ2) is 9.96. The van der Waals surface area contributed by atoms with Crippen LogP contribution in [0, 0.1) is 0 Å². The molecule has 0 unspecified atom stereocenters. The van der Waals surface area contributed by atoms with E-state index in [0.29, 0.717) is 36.1 Å². The van der Waals surface area contributed by atoms with E-state index in [1.54, 1.807) is 0 Å². The number of aryl methyl sites for hydroxylation is 1. The van der Waals surface area contributed by atoms with Gasteiger partial charge in [0.15, 0.2) is 5.16 Å². The van der Waals surface area contributed by atoms with E-state index in [2.05, 4.69) is 15.5 Å². The molecule has 0 aliphatic carbocycles. The Morgan fingerprint density at radius 2 is 1.86 bits per heavy atom. The minimum atomic E-state index is -0.0975. The average molecular weight is 435 g/mol. The summed E-state index contributed by atoms with van der Waals surface area (Å²) in [5, 5.41) is 13.4. The van der Waals surface area contributed by atoms with Crippen LogP contribution in [0.4, 0.5) is 5.95 Å². The maximum Gasteiger partial charge on any atom is 0.231 e. The molecule has 3 rings (SSSR count). The van der Waals surface area contributed by atoms with Crippen LogP contribution in [0.5, 0.6) is 0 Å². The van der Waals surface area contributed by atoms with E-state index in [-0.39, 0.29) is 5.91 Å². The highest BCUT2D eigenvalue weighted by Gasteiger charge is 2.14. The van der Waals surface area contributed by atoms with E-state index >= 15 is 0 Å². The number of carbonyl (C=O) groups is 1. The van der Waals surface area contributed by atoms with Crippen LogP contribution in [0.2, 0.25) is 10.0 Å². The van der Waals surface area contributed by atoms with Crippen molar-refractivity contribution in [2.75, 3.05) is 5.32 Å². The number of hydrogen-bond acceptors (Lipinski definition) is 4. The fourth-order valence-corrected chi connectivity index (χ4v) is 4.04. The third-order valence-corrected chi connectivity index (χ3v) is 5.79. The van der Waals surface area contributed by atoms with Gasteiger partial charge >= 0.3 is 0 Å². The average Bonchev–Trinajstić information content (AvgIpc) is 3.08. The van der Waals surface area contributed by atoms with E-state index < -0.39 is 0 Å². The van der Waals surface area contributed by atoms with E-state index in [1.807, 2.05) is 60.0 Å². The number of nitrogens with one attached hydrogen (secondary N) is 1. The van der Waals surface area contributed by atoms with Crippen LogP contribution >= 0.6 is 35.0 Å². The highest BCUT2D eigenvalue weighted by molar-refractivity contribution is 7.98. The zero-order valence-electron chi connectivity index (χ0n) is 15.4. The highest BCUT2D eigenvalue weighted by atomic mass is 35.5. The number of halogens is 2. The monoisotopic (exact) mass is 434 g/mol. The predicted molar refractivity (Wildman–Crippen MR) is 115 cm³/mol. The summed E-state index contributed by atoms with van der Waals surface area (Å²) >= 11 is 13.6. The SMILES string of the molecule is CCn1c(NC(=O)CCc2ccc(Cl)cc2)nnc1SCc1ccccc1Cl. The number of amides is 1. The molecule has 0 radical (unpaired) electrons. The Labute approximate surface area is 178 Å². The molecule has 1 heterocycles. The lowest BCUT2D eigenvalue weighted by Gasteiger charge is -2.09. The largest absolute Gasteiger partial charge is 0.295 e. The van der Waals surface area contributed by atoms with E-state index in [0.717, 1.165) is 21.3 Å². The number of aromatic nitrogens is 3. The van der Waals surface area contributed by atoms with E-state index in [9.17, 15) is 4.79 Å². The molecule has 0 spiro atoms. The van der Waals surface area contributed by atoms with Crippen LogP contribution in [0.25, 0.3) is 0 Å². The van der Waals surface area contributed by atoms with Crippen LogP contribution in [0.3, 0.4) is 0 Å². The van der Waals surface area contributed by atoms with Gasteiger partial charge in [0.25, 0.3) is 0 Å². The van der Waals surface area contributed by atoms with Crippen molar-refractivity contribution in [3.8, 4) is 0 Å². The molecule has 0 atom stereocenters. The molecule has 3 aromatic rings. The summed E-state index contributed by atoms with van der Waals surface area (Å²) in [5.74, 6) is 1.05. The van der Waals surface area contributed by atoms with Crippen molar-refractivity contribution in [2.45, 2.75) is 37.2 Å². The minimum absolute atomic E-state index is 0.0975. The third kappa shape index (κ3) is 5.50. The molecule has 5 nitrogen and oxygen atoms in total. The van der Waals surface area contributed by atoms with Crippen molar-refractivity contribution >= 4 is 46.8 Å². The molecular weight excluding hydrogens is 415 g/mol. The third-order valence-electron chi connectivity index (χ3n) is 4.15. The number of benzene rings is 2. The summed E-state index contributed by atoms with van der Waals surface area (Å²) in [6.07, 6.45) is 0.998. The molecule has 28 heavy (non-hydrogen) atoms. The van der Waals surface area contributed by atoms with Gasteiger partial charge in [-0.2, -0.15) is 0 Å². The molecule has 0 saturated carbocycles. The van der Waals surface area contributed by atoms with Gasteiger partial charge in [0.1, 0.15) is 0 Å². The van der Waals surface area contributed by atoms with Gasteiger partial charge in [-0.15, -0.1) is 10.2 Å². The number of hydrogen-bond donors (Lipinski definition) is 1. The number of anilines is 1. The van der Waals surface area contributed by atoms with Crippen molar-refractivity contribution < 1.29 is 4.79 Å². The molecule has 8 heteroatoms. The first-order valence-electron chi connectivity index (χ1n) is 8.90. The molecule has 0 fully saturated rings. The summed E-state index contributed by atoms with van der Waals surface area (Å²) < 4.78 is 1.89. The molecule has 2 aromatic carbocycles. The smallest absolute Gasteiger partial charge is 0.231 e. The van der Waals surface area contributed by atoms with Crippen molar-refractivity contribution in [1.82, 2.24) is 14.8 Å². The molecule has 1 amide bonds. The lowest BCUT2D eigenvalue weighted by atomic mass is 10.1. The maximum atomic E-state index is 12.3. The summed E-state index contributed by atoms with van der Waals surface area (Å²) in [4.78, 5) is 12.3. The maximum absolute atomic E-state index is 12.3. The first-order chi connectivity index (χ1) is 13.6. The molecule has 1 aromatic heterocycles. The van der Waals surface area contributed by atoms with Crippen molar-refractivity contribution in [3.05, 3.63) is 69.7 Å². The molecule has 0 saturated heterocycles. The standard InChI is InChI=1S/C20H20Cl2N4OS/c1-2-26-19(23-18(27)12-9-14-7-10-16(21)11-8-14)24-25-20(26)28-13-15-5-3-4-6-17(15)22/h3-8,10-11H,2,9,12-13H2,1H3,(H,23,24,27). The van der Waals surface area contributed by atoms with Gasteiger partial charge in [0.05, 0.1) is 0 Å². The van der Waals surface area contributed by atoms with Gasteiger partial charge in [0.2, 0.25) is 11.9 Å². The van der Waals surface area contributed by atoms with Gasteiger partial charge in [-0.05, 0) is 42.7 Å². The zero-order chi connectivity index (χ0) is 19.9. The van der Waals surface area contributed by atoms with Crippen LogP contribution in [0.1, 0.15) is 24.5 Å². The van der Waals surface area contributed by atoms with Gasteiger partial charge in [-0.25, -0.2) is 0 Å². The van der Waals surface area contributed by atoms with Crippen LogP contribution < -0.4 is 5.32 Å². The topological polar surface area (TPSA) is 59.8 Å². The lowest BCUT2D eigenvalue weighted by molar-refractivity contribution is -0.116. The van der Waals surface area contributed by atoms with Gasteiger partial charge < -0.3 is 0 Å². The number of thioether (sulfide) groups is 1. The van der Waals surface area contributed by atoms with Crippen molar-refractivity contribution in [2.24, 2.45) is 0 Å². The van der Waals surface area contributed by atoms with E-state index in [1.165, 1.54) is 11.8 Å². The Morgan fingerprint density at radius 3 is 2.57 bits per heavy atom. The Kier molecular flexibility index (Phi) is 7.36. The second-order valence-corrected chi connectivity index (χ2v) is 7.89. The Bertz CT molecular complexity index is 944. The lowest BCUT2D eigenvalue weighted by Crippen LogP contribution is -2.16.